The second-order valence-corrected chi connectivity index (χ2v) is 7.35. The van der Waals surface area contributed by atoms with Crippen LogP contribution >= 0.6 is 15.9 Å². The van der Waals surface area contributed by atoms with Crippen molar-refractivity contribution in [1.29, 1.82) is 0 Å². The van der Waals surface area contributed by atoms with Crippen molar-refractivity contribution in [3.8, 4) is 0 Å². The number of rotatable bonds is 4. The van der Waals surface area contributed by atoms with Gasteiger partial charge in [0.15, 0.2) is 0 Å². The number of hydrogen-bond acceptors (Lipinski definition) is 3. The van der Waals surface area contributed by atoms with Gasteiger partial charge in [0.05, 0.1) is 6.20 Å². The fourth-order valence-corrected chi connectivity index (χ4v) is 3.91. The highest BCUT2D eigenvalue weighted by atomic mass is 79.9. The van der Waals surface area contributed by atoms with Crippen LogP contribution in [-0.2, 0) is 17.1 Å². The Labute approximate surface area is 110 Å². The first-order chi connectivity index (χ1) is 7.99. The summed E-state index contributed by atoms with van der Waals surface area (Å²) >= 11 is 3.58. The molecule has 1 saturated carbocycles. The molecule has 7 heteroatoms. The van der Waals surface area contributed by atoms with Crippen molar-refractivity contribution in [3.05, 3.63) is 12.4 Å². The van der Waals surface area contributed by atoms with Gasteiger partial charge in [-0.3, -0.25) is 4.68 Å². The lowest BCUT2D eigenvalue weighted by Gasteiger charge is -2.14. The van der Waals surface area contributed by atoms with Crippen molar-refractivity contribution in [1.82, 2.24) is 14.5 Å². The molecular formula is C10H16BrN3O2S. The van der Waals surface area contributed by atoms with Crippen LogP contribution < -0.4 is 4.72 Å². The summed E-state index contributed by atoms with van der Waals surface area (Å²) in [6.07, 6.45) is 6.23. The summed E-state index contributed by atoms with van der Waals surface area (Å²) in [5.74, 6) is 0.390. The van der Waals surface area contributed by atoms with Gasteiger partial charge in [-0.2, -0.15) is 5.10 Å². The van der Waals surface area contributed by atoms with Gasteiger partial charge in [-0.1, -0.05) is 22.4 Å². The van der Waals surface area contributed by atoms with Crippen molar-refractivity contribution in [3.63, 3.8) is 0 Å². The highest BCUT2D eigenvalue weighted by Crippen LogP contribution is 2.31. The quantitative estimate of drug-likeness (QED) is 0.849. The van der Waals surface area contributed by atoms with E-state index in [1.165, 1.54) is 17.1 Å². The Morgan fingerprint density at radius 3 is 2.88 bits per heavy atom. The molecule has 2 unspecified atom stereocenters. The maximum absolute atomic E-state index is 11.9. The van der Waals surface area contributed by atoms with Gasteiger partial charge in [-0.15, -0.1) is 0 Å². The fourth-order valence-electron chi connectivity index (χ4n) is 2.06. The summed E-state index contributed by atoms with van der Waals surface area (Å²) < 4.78 is 28.0. The van der Waals surface area contributed by atoms with Gasteiger partial charge in [-0.25, -0.2) is 13.1 Å². The smallest absolute Gasteiger partial charge is 0.243 e. The van der Waals surface area contributed by atoms with E-state index in [2.05, 4.69) is 25.8 Å². The summed E-state index contributed by atoms with van der Waals surface area (Å²) in [7, 11) is -1.71. The number of hydrogen-bond donors (Lipinski definition) is 1. The van der Waals surface area contributed by atoms with Gasteiger partial charge in [0.2, 0.25) is 10.0 Å². The molecule has 1 aliphatic carbocycles. The molecule has 1 aromatic rings. The summed E-state index contributed by atoms with van der Waals surface area (Å²) in [5, 5.41) is 3.87. The zero-order valence-corrected chi connectivity index (χ0v) is 12.0. The summed E-state index contributed by atoms with van der Waals surface area (Å²) in [5.41, 5.74) is 0. The highest BCUT2D eigenvalue weighted by molar-refractivity contribution is 9.09. The first-order valence-electron chi connectivity index (χ1n) is 5.61. The van der Waals surface area contributed by atoms with Crippen LogP contribution in [0, 0.1) is 5.92 Å². The summed E-state index contributed by atoms with van der Waals surface area (Å²) in [6, 6.07) is 0. The standard InChI is InChI=1S/C10H16BrN3O2S/c1-14-7-9(6-12-14)17(15,16)13-5-8-3-2-4-10(8)11/h6-8,10,13H,2-5H2,1H3. The summed E-state index contributed by atoms with van der Waals surface area (Å²) in [6.45, 7) is 0.493. The molecule has 0 aliphatic heterocycles. The maximum Gasteiger partial charge on any atom is 0.243 e. The third-order valence-corrected chi connectivity index (χ3v) is 5.68. The third kappa shape index (κ3) is 3.08. The van der Waals surface area contributed by atoms with Gasteiger partial charge in [0.25, 0.3) is 0 Å². The molecule has 0 radical (unpaired) electrons. The molecule has 1 N–H and O–H groups in total. The average molecular weight is 322 g/mol. The number of alkyl halides is 1. The first kappa shape index (κ1) is 13.0. The average Bonchev–Trinajstić information content (AvgIpc) is 2.85. The van der Waals surface area contributed by atoms with E-state index < -0.39 is 10.0 Å². The molecule has 5 nitrogen and oxygen atoms in total. The molecule has 1 heterocycles. The van der Waals surface area contributed by atoms with Crippen molar-refractivity contribution >= 4 is 26.0 Å². The van der Waals surface area contributed by atoms with E-state index in [4.69, 9.17) is 0 Å². The van der Waals surface area contributed by atoms with Gasteiger partial charge in [0, 0.05) is 24.6 Å². The maximum atomic E-state index is 11.9. The summed E-state index contributed by atoms with van der Waals surface area (Å²) in [4.78, 5) is 0.656. The molecule has 0 aromatic carbocycles. The Morgan fingerprint density at radius 2 is 2.35 bits per heavy atom. The van der Waals surface area contributed by atoms with Gasteiger partial charge in [-0.05, 0) is 18.8 Å². The van der Waals surface area contributed by atoms with Crippen LogP contribution in [0.4, 0.5) is 0 Å². The Morgan fingerprint density at radius 1 is 1.59 bits per heavy atom. The van der Waals surface area contributed by atoms with E-state index in [0.29, 0.717) is 17.3 Å². The number of nitrogens with zero attached hydrogens (tertiary/aromatic N) is 2. The number of sulfonamides is 1. The monoisotopic (exact) mass is 321 g/mol. The van der Waals surface area contributed by atoms with Gasteiger partial charge >= 0.3 is 0 Å². The van der Waals surface area contributed by atoms with Gasteiger partial charge in [0.1, 0.15) is 4.90 Å². The van der Waals surface area contributed by atoms with Crippen LogP contribution in [0.5, 0.6) is 0 Å². The molecule has 2 atom stereocenters. The first-order valence-corrected chi connectivity index (χ1v) is 8.01. The van der Waals surface area contributed by atoms with E-state index in [1.54, 1.807) is 7.05 Å². The second kappa shape index (κ2) is 5.07. The minimum absolute atomic E-state index is 0.226. The van der Waals surface area contributed by atoms with Crippen LogP contribution in [-0.4, -0.2) is 29.6 Å². The highest BCUT2D eigenvalue weighted by Gasteiger charge is 2.26. The molecule has 17 heavy (non-hydrogen) atoms. The number of nitrogens with one attached hydrogen (secondary N) is 1. The molecule has 96 valence electrons. The van der Waals surface area contributed by atoms with E-state index in [9.17, 15) is 8.42 Å². The predicted octanol–water partition coefficient (Wildman–Crippen LogP) is 1.26. The van der Waals surface area contributed by atoms with Crippen LogP contribution in [0.15, 0.2) is 17.3 Å². The van der Waals surface area contributed by atoms with E-state index in [-0.39, 0.29) is 4.90 Å². The van der Waals surface area contributed by atoms with Crippen LogP contribution in [0.3, 0.4) is 0 Å². The van der Waals surface area contributed by atoms with E-state index in [0.717, 1.165) is 19.3 Å². The predicted molar refractivity (Wildman–Crippen MR) is 68.5 cm³/mol. The van der Waals surface area contributed by atoms with E-state index >= 15 is 0 Å². The normalized spacial score (nSPS) is 25.3. The Balaban J connectivity index is 1.98. The Hall–Kier alpha value is -0.400. The third-order valence-electron chi connectivity index (χ3n) is 3.09. The molecule has 0 saturated heterocycles. The molecule has 1 aromatic heterocycles. The van der Waals surface area contributed by atoms with E-state index in [1.807, 2.05) is 0 Å². The molecule has 1 aliphatic rings. The lowest BCUT2D eigenvalue weighted by atomic mass is 10.1. The molecule has 0 amide bonds. The van der Waals surface area contributed by atoms with Crippen LogP contribution in [0.25, 0.3) is 0 Å². The minimum atomic E-state index is -3.40. The number of aromatic nitrogens is 2. The zero-order valence-electron chi connectivity index (χ0n) is 9.63. The minimum Gasteiger partial charge on any atom is -0.274 e. The van der Waals surface area contributed by atoms with Crippen LogP contribution in [0.1, 0.15) is 19.3 Å². The molecule has 0 spiro atoms. The van der Waals surface area contributed by atoms with Crippen molar-refractivity contribution in [2.75, 3.05) is 6.54 Å². The van der Waals surface area contributed by atoms with Crippen molar-refractivity contribution < 1.29 is 8.42 Å². The van der Waals surface area contributed by atoms with Crippen molar-refractivity contribution in [2.24, 2.45) is 13.0 Å². The number of aryl methyl sites for hydroxylation is 1. The van der Waals surface area contributed by atoms with Crippen molar-refractivity contribution in [2.45, 2.75) is 29.0 Å². The molecule has 1 fully saturated rings. The molecule has 2 rings (SSSR count). The molecular weight excluding hydrogens is 306 g/mol. The second-order valence-electron chi connectivity index (χ2n) is 4.41. The van der Waals surface area contributed by atoms with Gasteiger partial charge < -0.3 is 0 Å². The lowest BCUT2D eigenvalue weighted by Crippen LogP contribution is -2.30. The number of halogens is 1. The fraction of sp³-hybridized carbons (Fsp3) is 0.700. The Bertz CT molecular complexity index is 485. The Kier molecular flexibility index (Phi) is 3.89. The SMILES string of the molecule is Cn1cc(S(=O)(=O)NCC2CCCC2Br)cn1. The zero-order chi connectivity index (χ0) is 12.5. The topological polar surface area (TPSA) is 64.0 Å². The van der Waals surface area contributed by atoms with Crippen LogP contribution in [0.2, 0.25) is 0 Å². The lowest BCUT2D eigenvalue weighted by molar-refractivity contribution is 0.529. The largest absolute Gasteiger partial charge is 0.274 e. The molecule has 0 bridgehead atoms.